The number of nitrogens with zero attached hydrogens (tertiary/aromatic N) is 2. The molecule has 2 aliphatic rings. The Labute approximate surface area is 103 Å². The molecule has 3 heteroatoms. The normalized spacial score (nSPS) is 22.5. The number of aryl methyl sites for hydroxylation is 1. The fraction of sp³-hybridized carbons (Fsp3) is 0.643. The molecule has 1 spiro atoms. The van der Waals surface area contributed by atoms with Crippen LogP contribution in [0.25, 0.3) is 0 Å². The quantitative estimate of drug-likeness (QED) is 0.808. The first-order valence-corrected chi connectivity index (χ1v) is 6.66. The molecular weight excluding hydrogens is 210 g/mol. The summed E-state index contributed by atoms with van der Waals surface area (Å²) in [6.45, 7) is 4.34. The highest BCUT2D eigenvalue weighted by molar-refractivity contribution is 5.66. The molecule has 92 valence electrons. The molecule has 0 amide bonds. The molecule has 2 heterocycles. The number of hydrogen-bond acceptors (Lipinski definition) is 3. The second-order valence-corrected chi connectivity index (χ2v) is 5.74. The van der Waals surface area contributed by atoms with Crippen LogP contribution in [-0.2, 0) is 0 Å². The summed E-state index contributed by atoms with van der Waals surface area (Å²) in [6.07, 6.45) is 8.81. The Morgan fingerprint density at radius 1 is 1.29 bits per heavy atom. The second-order valence-electron chi connectivity index (χ2n) is 5.74. The van der Waals surface area contributed by atoms with E-state index in [1.54, 1.807) is 0 Å². The Morgan fingerprint density at radius 3 is 2.82 bits per heavy atom. The van der Waals surface area contributed by atoms with Crippen LogP contribution in [0, 0.1) is 12.3 Å². The van der Waals surface area contributed by atoms with Gasteiger partial charge in [0.05, 0.1) is 5.69 Å². The van der Waals surface area contributed by atoms with Crippen molar-refractivity contribution in [2.75, 3.05) is 23.7 Å². The molecule has 1 aromatic rings. The highest BCUT2D eigenvalue weighted by Crippen LogP contribution is 2.46. The van der Waals surface area contributed by atoms with E-state index in [9.17, 15) is 0 Å². The van der Waals surface area contributed by atoms with Crippen LogP contribution in [0.2, 0.25) is 0 Å². The van der Waals surface area contributed by atoms with Crippen LogP contribution >= 0.6 is 0 Å². The monoisotopic (exact) mass is 231 g/mol. The van der Waals surface area contributed by atoms with E-state index in [4.69, 9.17) is 5.73 Å². The largest absolute Gasteiger partial charge is 0.396 e. The first-order valence-electron chi connectivity index (χ1n) is 6.66. The van der Waals surface area contributed by atoms with Crippen LogP contribution in [0.1, 0.15) is 37.7 Å². The molecular formula is C14H21N3. The summed E-state index contributed by atoms with van der Waals surface area (Å²) in [5.74, 6) is 1.01. The summed E-state index contributed by atoms with van der Waals surface area (Å²) < 4.78 is 0. The molecule has 3 rings (SSSR count). The number of nitrogen functional groups attached to an aromatic ring is 1. The van der Waals surface area contributed by atoms with Crippen LogP contribution in [0.3, 0.4) is 0 Å². The maximum atomic E-state index is 6.15. The average molecular weight is 231 g/mol. The molecule has 1 aliphatic carbocycles. The highest BCUT2D eigenvalue weighted by atomic mass is 15.2. The zero-order valence-corrected chi connectivity index (χ0v) is 10.6. The van der Waals surface area contributed by atoms with E-state index in [0.717, 1.165) is 30.2 Å². The van der Waals surface area contributed by atoms with Gasteiger partial charge in [0.1, 0.15) is 0 Å². The van der Waals surface area contributed by atoms with Crippen LogP contribution in [0.5, 0.6) is 0 Å². The van der Waals surface area contributed by atoms with Crippen molar-refractivity contribution in [2.24, 2.45) is 5.41 Å². The lowest BCUT2D eigenvalue weighted by molar-refractivity contribution is 0.340. The zero-order chi connectivity index (χ0) is 11.9. The van der Waals surface area contributed by atoms with E-state index in [0.29, 0.717) is 5.41 Å². The van der Waals surface area contributed by atoms with Crippen molar-refractivity contribution in [1.82, 2.24) is 4.98 Å². The Balaban J connectivity index is 1.84. The molecule has 17 heavy (non-hydrogen) atoms. The van der Waals surface area contributed by atoms with Crippen LogP contribution in [-0.4, -0.2) is 18.1 Å². The van der Waals surface area contributed by atoms with E-state index in [1.165, 1.54) is 32.1 Å². The number of anilines is 2. The molecule has 3 nitrogen and oxygen atoms in total. The predicted molar refractivity (Wildman–Crippen MR) is 71.1 cm³/mol. The molecule has 0 aromatic carbocycles. The van der Waals surface area contributed by atoms with Gasteiger partial charge in [-0.3, -0.25) is 0 Å². The average Bonchev–Trinajstić information content (AvgIpc) is 2.94. The molecule has 1 aliphatic heterocycles. The maximum absolute atomic E-state index is 6.15. The summed E-state index contributed by atoms with van der Waals surface area (Å²) in [7, 11) is 0. The molecule has 1 saturated heterocycles. The molecule has 1 aromatic heterocycles. The summed E-state index contributed by atoms with van der Waals surface area (Å²) in [5.41, 5.74) is 8.73. The lowest BCUT2D eigenvalue weighted by Crippen LogP contribution is -2.26. The third-order valence-corrected chi connectivity index (χ3v) is 4.59. The van der Waals surface area contributed by atoms with Gasteiger partial charge in [-0.05, 0) is 43.2 Å². The van der Waals surface area contributed by atoms with Gasteiger partial charge < -0.3 is 10.6 Å². The molecule has 0 atom stereocenters. The summed E-state index contributed by atoms with van der Waals surface area (Å²) in [6, 6.07) is 1.99. The minimum atomic E-state index is 0.581. The molecule has 2 N–H and O–H groups in total. The predicted octanol–water partition coefficient (Wildman–Crippen LogP) is 2.74. The minimum absolute atomic E-state index is 0.581. The van der Waals surface area contributed by atoms with Crippen molar-refractivity contribution in [2.45, 2.75) is 39.0 Å². The van der Waals surface area contributed by atoms with Gasteiger partial charge in [-0.2, -0.15) is 0 Å². The smallest absolute Gasteiger partial charge is 0.152 e. The molecule has 0 radical (unpaired) electrons. The Morgan fingerprint density at radius 2 is 2.06 bits per heavy atom. The SMILES string of the molecule is Cc1ccnc(N2CCC3(CCCC3)C2)c1N. The highest BCUT2D eigenvalue weighted by Gasteiger charge is 2.40. The van der Waals surface area contributed by atoms with Crippen molar-refractivity contribution < 1.29 is 0 Å². The van der Waals surface area contributed by atoms with Crippen molar-refractivity contribution >= 4 is 11.5 Å². The summed E-state index contributed by atoms with van der Waals surface area (Å²) >= 11 is 0. The Hall–Kier alpha value is -1.25. The van der Waals surface area contributed by atoms with Crippen LogP contribution in [0.4, 0.5) is 11.5 Å². The Kier molecular flexibility index (Phi) is 2.49. The van der Waals surface area contributed by atoms with Gasteiger partial charge in [0.15, 0.2) is 5.82 Å². The molecule has 0 unspecified atom stereocenters. The number of pyridine rings is 1. The third kappa shape index (κ3) is 1.78. The Bertz CT molecular complexity index is 421. The van der Waals surface area contributed by atoms with E-state index in [1.807, 2.05) is 12.3 Å². The van der Waals surface area contributed by atoms with Gasteiger partial charge in [-0.1, -0.05) is 12.8 Å². The fourth-order valence-corrected chi connectivity index (χ4v) is 3.46. The standard InChI is InChI=1S/C14H21N3/c1-11-4-8-16-13(12(11)15)17-9-7-14(10-17)5-2-3-6-14/h4,8H,2-3,5-7,9-10,15H2,1H3. The van der Waals surface area contributed by atoms with Crippen LogP contribution in [0.15, 0.2) is 12.3 Å². The summed E-state index contributed by atoms with van der Waals surface area (Å²) in [5, 5.41) is 0. The minimum Gasteiger partial charge on any atom is -0.396 e. The van der Waals surface area contributed by atoms with Gasteiger partial charge in [-0.25, -0.2) is 4.98 Å². The number of rotatable bonds is 1. The van der Waals surface area contributed by atoms with Gasteiger partial charge in [-0.15, -0.1) is 0 Å². The zero-order valence-electron chi connectivity index (χ0n) is 10.6. The van der Waals surface area contributed by atoms with Crippen molar-refractivity contribution in [3.63, 3.8) is 0 Å². The van der Waals surface area contributed by atoms with Gasteiger partial charge in [0, 0.05) is 19.3 Å². The first-order chi connectivity index (χ1) is 8.20. The number of nitrogens with two attached hydrogens (primary N) is 1. The lowest BCUT2D eigenvalue weighted by atomic mass is 9.86. The maximum Gasteiger partial charge on any atom is 0.152 e. The first kappa shape index (κ1) is 10.9. The van der Waals surface area contributed by atoms with Crippen molar-refractivity contribution in [1.29, 1.82) is 0 Å². The number of aromatic nitrogens is 1. The molecule has 1 saturated carbocycles. The van der Waals surface area contributed by atoms with Gasteiger partial charge >= 0.3 is 0 Å². The number of hydrogen-bond donors (Lipinski definition) is 1. The van der Waals surface area contributed by atoms with Gasteiger partial charge in [0.2, 0.25) is 0 Å². The molecule has 2 fully saturated rings. The second kappa shape index (κ2) is 3.90. The van der Waals surface area contributed by atoms with Crippen molar-refractivity contribution in [3.05, 3.63) is 17.8 Å². The van der Waals surface area contributed by atoms with Crippen molar-refractivity contribution in [3.8, 4) is 0 Å². The van der Waals surface area contributed by atoms with E-state index in [2.05, 4.69) is 16.8 Å². The van der Waals surface area contributed by atoms with E-state index >= 15 is 0 Å². The fourth-order valence-electron chi connectivity index (χ4n) is 3.46. The topological polar surface area (TPSA) is 42.2 Å². The summed E-state index contributed by atoms with van der Waals surface area (Å²) in [4.78, 5) is 6.87. The van der Waals surface area contributed by atoms with E-state index in [-0.39, 0.29) is 0 Å². The van der Waals surface area contributed by atoms with E-state index < -0.39 is 0 Å². The molecule has 0 bridgehead atoms. The third-order valence-electron chi connectivity index (χ3n) is 4.59. The lowest BCUT2D eigenvalue weighted by Gasteiger charge is -2.25. The van der Waals surface area contributed by atoms with Gasteiger partial charge in [0.25, 0.3) is 0 Å². The van der Waals surface area contributed by atoms with Crippen LogP contribution < -0.4 is 10.6 Å².